The molecule has 6 heteroatoms. The van der Waals surface area contributed by atoms with Gasteiger partial charge in [-0.05, 0) is 6.07 Å². The molecule has 0 unspecified atom stereocenters. The van der Waals surface area contributed by atoms with Crippen molar-refractivity contribution in [1.82, 2.24) is 9.29 Å². The largest absolute Gasteiger partial charge is 0.495 e. The molecule has 0 saturated heterocycles. The summed E-state index contributed by atoms with van der Waals surface area (Å²) in [4.78, 5) is 3.83. The zero-order valence-electron chi connectivity index (χ0n) is 8.26. The molecule has 0 amide bonds. The Balaban J connectivity index is 3.32. The highest BCUT2D eigenvalue weighted by atomic mass is 32.2. The van der Waals surface area contributed by atoms with E-state index in [1.54, 1.807) is 0 Å². The number of nitrogens with zero attached hydrogens (tertiary/aromatic N) is 2. The van der Waals surface area contributed by atoms with E-state index in [9.17, 15) is 8.42 Å². The SMILES string of the molecule is COc1ccncc1S(=O)(=O)N(C)C. The molecule has 0 N–H and O–H groups in total. The lowest BCUT2D eigenvalue weighted by Crippen LogP contribution is -2.22. The van der Waals surface area contributed by atoms with Crippen LogP contribution in [0, 0.1) is 0 Å². The molecule has 1 aromatic rings. The number of aromatic nitrogens is 1. The van der Waals surface area contributed by atoms with E-state index < -0.39 is 10.0 Å². The summed E-state index contributed by atoms with van der Waals surface area (Å²) in [6, 6.07) is 1.51. The minimum atomic E-state index is -3.47. The molecule has 0 fully saturated rings. The van der Waals surface area contributed by atoms with E-state index in [-0.39, 0.29) is 4.90 Å². The standard InChI is InChI=1S/C8H12N2O3S/c1-10(2)14(11,12)8-6-9-5-4-7(8)13-3/h4-6H,1-3H3. The lowest BCUT2D eigenvalue weighted by molar-refractivity contribution is 0.399. The van der Waals surface area contributed by atoms with Gasteiger partial charge >= 0.3 is 0 Å². The summed E-state index contributed by atoms with van der Waals surface area (Å²) in [6.45, 7) is 0. The Morgan fingerprint density at radius 1 is 1.43 bits per heavy atom. The topological polar surface area (TPSA) is 59.5 Å². The predicted octanol–water partition coefficient (Wildman–Crippen LogP) is 0.341. The molecule has 78 valence electrons. The van der Waals surface area contributed by atoms with Crippen LogP contribution in [0.4, 0.5) is 0 Å². The van der Waals surface area contributed by atoms with Crippen LogP contribution in [-0.2, 0) is 10.0 Å². The minimum Gasteiger partial charge on any atom is -0.495 e. The fourth-order valence-corrected chi connectivity index (χ4v) is 1.92. The zero-order chi connectivity index (χ0) is 10.8. The van der Waals surface area contributed by atoms with Gasteiger partial charge in [-0.3, -0.25) is 4.98 Å². The third-order valence-electron chi connectivity index (χ3n) is 1.73. The zero-order valence-corrected chi connectivity index (χ0v) is 9.08. The molecule has 14 heavy (non-hydrogen) atoms. The van der Waals surface area contributed by atoms with Gasteiger partial charge in [0.15, 0.2) is 0 Å². The first-order valence-corrected chi connectivity index (χ1v) is 5.34. The maximum atomic E-state index is 11.7. The van der Waals surface area contributed by atoms with Gasteiger partial charge < -0.3 is 4.74 Å². The number of rotatable bonds is 3. The Hall–Kier alpha value is -1.14. The van der Waals surface area contributed by atoms with Crippen molar-refractivity contribution >= 4 is 10.0 Å². The number of pyridine rings is 1. The highest BCUT2D eigenvalue weighted by Crippen LogP contribution is 2.23. The Morgan fingerprint density at radius 3 is 2.57 bits per heavy atom. The average molecular weight is 216 g/mol. The fraction of sp³-hybridized carbons (Fsp3) is 0.375. The molecule has 0 aliphatic heterocycles. The van der Waals surface area contributed by atoms with E-state index in [0.717, 1.165) is 4.31 Å². The average Bonchev–Trinajstić information content (AvgIpc) is 2.17. The van der Waals surface area contributed by atoms with Gasteiger partial charge in [0, 0.05) is 20.3 Å². The molecule has 0 aliphatic carbocycles. The molecule has 0 atom stereocenters. The van der Waals surface area contributed by atoms with Gasteiger partial charge in [-0.1, -0.05) is 0 Å². The minimum absolute atomic E-state index is 0.0764. The molecule has 0 aromatic carbocycles. The van der Waals surface area contributed by atoms with E-state index in [0.29, 0.717) is 5.75 Å². The van der Waals surface area contributed by atoms with Crippen LogP contribution in [0.15, 0.2) is 23.4 Å². The molecule has 0 spiro atoms. The quantitative estimate of drug-likeness (QED) is 0.731. The number of hydrogen-bond acceptors (Lipinski definition) is 4. The number of methoxy groups -OCH3 is 1. The molecule has 0 bridgehead atoms. The van der Waals surface area contributed by atoms with E-state index in [4.69, 9.17) is 4.74 Å². The lowest BCUT2D eigenvalue weighted by atomic mass is 10.4. The third-order valence-corrected chi connectivity index (χ3v) is 3.55. The van der Waals surface area contributed by atoms with E-state index in [1.807, 2.05) is 0 Å². The first-order valence-electron chi connectivity index (χ1n) is 3.90. The fourth-order valence-electron chi connectivity index (χ4n) is 0.926. The van der Waals surface area contributed by atoms with Crippen LogP contribution in [-0.4, -0.2) is 38.9 Å². The van der Waals surface area contributed by atoms with Crippen molar-refractivity contribution in [3.8, 4) is 5.75 Å². The van der Waals surface area contributed by atoms with Gasteiger partial charge in [0.1, 0.15) is 10.6 Å². The Labute approximate surface area is 83.4 Å². The summed E-state index contributed by atoms with van der Waals surface area (Å²) in [7, 11) is 0.867. The highest BCUT2D eigenvalue weighted by molar-refractivity contribution is 7.89. The number of sulfonamides is 1. The van der Waals surface area contributed by atoms with Crippen molar-refractivity contribution in [2.75, 3.05) is 21.2 Å². The number of ether oxygens (including phenoxy) is 1. The highest BCUT2D eigenvalue weighted by Gasteiger charge is 2.21. The van der Waals surface area contributed by atoms with Crippen LogP contribution >= 0.6 is 0 Å². The second kappa shape index (κ2) is 3.93. The van der Waals surface area contributed by atoms with Gasteiger partial charge in [-0.15, -0.1) is 0 Å². The molecule has 5 nitrogen and oxygen atoms in total. The van der Waals surface area contributed by atoms with Crippen LogP contribution in [0.5, 0.6) is 5.75 Å². The summed E-state index contributed by atoms with van der Waals surface area (Å²) in [5, 5.41) is 0. The van der Waals surface area contributed by atoms with Gasteiger partial charge in [-0.2, -0.15) is 0 Å². The van der Waals surface area contributed by atoms with E-state index >= 15 is 0 Å². The van der Waals surface area contributed by atoms with Gasteiger partial charge in [-0.25, -0.2) is 12.7 Å². The molecule has 1 rings (SSSR count). The van der Waals surface area contributed by atoms with Crippen molar-refractivity contribution < 1.29 is 13.2 Å². The van der Waals surface area contributed by atoms with Crippen LogP contribution in [0.3, 0.4) is 0 Å². The van der Waals surface area contributed by atoms with Crippen LogP contribution in [0.1, 0.15) is 0 Å². The molecule has 0 saturated carbocycles. The Morgan fingerprint density at radius 2 is 2.07 bits per heavy atom. The second-order valence-electron chi connectivity index (χ2n) is 2.81. The van der Waals surface area contributed by atoms with Crippen molar-refractivity contribution in [2.24, 2.45) is 0 Å². The van der Waals surface area contributed by atoms with Crippen LogP contribution in [0.25, 0.3) is 0 Å². The van der Waals surface area contributed by atoms with E-state index in [1.165, 1.54) is 39.7 Å². The molecular weight excluding hydrogens is 204 g/mol. The summed E-state index contributed by atoms with van der Waals surface area (Å²) in [5.41, 5.74) is 0. The second-order valence-corrected chi connectivity index (χ2v) is 4.93. The Bertz CT molecular complexity index is 414. The summed E-state index contributed by atoms with van der Waals surface area (Å²) in [5.74, 6) is 0.300. The molecule has 1 heterocycles. The van der Waals surface area contributed by atoms with Gasteiger partial charge in [0.25, 0.3) is 0 Å². The van der Waals surface area contributed by atoms with Crippen molar-refractivity contribution in [2.45, 2.75) is 4.90 Å². The molecular formula is C8H12N2O3S. The van der Waals surface area contributed by atoms with Crippen LogP contribution < -0.4 is 4.74 Å². The van der Waals surface area contributed by atoms with Crippen molar-refractivity contribution in [3.05, 3.63) is 18.5 Å². The summed E-state index contributed by atoms with van der Waals surface area (Å²) < 4.78 is 29.5. The number of hydrogen-bond donors (Lipinski definition) is 0. The normalized spacial score (nSPS) is 11.7. The van der Waals surface area contributed by atoms with Crippen LogP contribution in [0.2, 0.25) is 0 Å². The van der Waals surface area contributed by atoms with Gasteiger partial charge in [0.2, 0.25) is 10.0 Å². The maximum absolute atomic E-state index is 11.7. The third kappa shape index (κ3) is 1.85. The predicted molar refractivity (Wildman–Crippen MR) is 51.7 cm³/mol. The maximum Gasteiger partial charge on any atom is 0.247 e. The monoisotopic (exact) mass is 216 g/mol. The lowest BCUT2D eigenvalue weighted by Gasteiger charge is -2.13. The van der Waals surface area contributed by atoms with E-state index in [2.05, 4.69) is 4.98 Å². The Kier molecular flexibility index (Phi) is 3.07. The molecule has 0 radical (unpaired) electrons. The molecule has 0 aliphatic rings. The summed E-state index contributed by atoms with van der Waals surface area (Å²) in [6.07, 6.45) is 2.75. The van der Waals surface area contributed by atoms with Gasteiger partial charge in [0.05, 0.1) is 13.3 Å². The van der Waals surface area contributed by atoms with Crippen molar-refractivity contribution in [3.63, 3.8) is 0 Å². The first-order chi connectivity index (χ1) is 6.50. The first kappa shape index (κ1) is 10.9. The van der Waals surface area contributed by atoms with Crippen molar-refractivity contribution in [1.29, 1.82) is 0 Å². The smallest absolute Gasteiger partial charge is 0.247 e. The summed E-state index contributed by atoms with van der Waals surface area (Å²) >= 11 is 0. The molecule has 1 aromatic heterocycles.